The van der Waals surface area contributed by atoms with Gasteiger partial charge < -0.3 is 23.7 Å². The summed E-state index contributed by atoms with van der Waals surface area (Å²) in [5, 5.41) is 0. The molecule has 0 spiro atoms. The minimum atomic E-state index is -3.94. The van der Waals surface area contributed by atoms with Crippen LogP contribution in [0.1, 0.15) is 30.5 Å². The summed E-state index contributed by atoms with van der Waals surface area (Å²) in [7, 11) is -3.94. The Labute approximate surface area is 248 Å². The molecule has 1 unspecified atom stereocenters. The van der Waals surface area contributed by atoms with Crippen LogP contribution in [0.2, 0.25) is 0 Å². The van der Waals surface area contributed by atoms with Crippen LogP contribution in [0.5, 0.6) is 0 Å². The molecule has 0 amide bonds. The molecule has 1 fully saturated rings. The molecule has 0 radical (unpaired) electrons. The molecule has 0 bridgehead atoms. The van der Waals surface area contributed by atoms with Crippen LogP contribution in [0.25, 0.3) is 0 Å². The van der Waals surface area contributed by atoms with Crippen LogP contribution in [0.4, 0.5) is 0 Å². The molecule has 1 aliphatic heterocycles. The second-order valence-corrected chi connectivity index (χ2v) is 12.5. The molecule has 1 aliphatic rings. The standard InChI is InChI=1S/C33H38O8S/c1-24(2)23-42(35,36)33-32(40-21-28-17-11-6-12-18-28)31(39-20-27-15-9-5-10-16-27)30(29(41-33)22-37-25(3)34)38-19-26-13-7-4-8-14-26/h4-18,29-33H,1,19-23H2,2-3H3/t29-,30-,31+,32-,33?/m1/s1. The van der Waals surface area contributed by atoms with Gasteiger partial charge in [0.1, 0.15) is 31.0 Å². The fraction of sp³-hybridized carbons (Fsp3) is 0.364. The summed E-state index contributed by atoms with van der Waals surface area (Å²) in [5.41, 5.74) is 1.70. The molecule has 42 heavy (non-hydrogen) atoms. The van der Waals surface area contributed by atoms with Crippen molar-refractivity contribution in [2.24, 2.45) is 0 Å². The Morgan fingerprint density at radius 1 is 0.714 bits per heavy atom. The van der Waals surface area contributed by atoms with Gasteiger partial charge >= 0.3 is 5.97 Å². The number of esters is 1. The highest BCUT2D eigenvalue weighted by atomic mass is 32.2. The summed E-state index contributed by atoms with van der Waals surface area (Å²) in [6.07, 6.45) is -3.73. The van der Waals surface area contributed by atoms with Crippen molar-refractivity contribution >= 4 is 15.8 Å². The molecule has 9 heteroatoms. The van der Waals surface area contributed by atoms with Crippen molar-refractivity contribution in [1.29, 1.82) is 0 Å². The smallest absolute Gasteiger partial charge is 0.302 e. The summed E-state index contributed by atoms with van der Waals surface area (Å²) >= 11 is 0. The zero-order valence-corrected chi connectivity index (χ0v) is 24.8. The van der Waals surface area contributed by atoms with Crippen LogP contribution in [0, 0.1) is 0 Å². The lowest BCUT2D eigenvalue weighted by Crippen LogP contribution is -2.63. The average Bonchev–Trinajstić information content (AvgIpc) is 2.98. The molecule has 0 N–H and O–H groups in total. The largest absolute Gasteiger partial charge is 0.463 e. The Kier molecular flexibility index (Phi) is 11.5. The van der Waals surface area contributed by atoms with Crippen molar-refractivity contribution in [2.75, 3.05) is 12.4 Å². The summed E-state index contributed by atoms with van der Waals surface area (Å²) < 4.78 is 58.3. The maximum atomic E-state index is 13.7. The van der Waals surface area contributed by atoms with Crippen LogP contribution in [0.15, 0.2) is 103 Å². The maximum absolute atomic E-state index is 13.7. The van der Waals surface area contributed by atoms with E-state index in [0.717, 1.165) is 16.7 Å². The molecule has 1 heterocycles. The molecule has 4 rings (SSSR count). The Morgan fingerprint density at radius 2 is 1.14 bits per heavy atom. The zero-order chi connectivity index (χ0) is 30.0. The number of carbonyl (C=O) groups excluding carboxylic acids is 1. The van der Waals surface area contributed by atoms with E-state index in [1.165, 1.54) is 6.92 Å². The third kappa shape index (κ3) is 9.08. The van der Waals surface area contributed by atoms with E-state index in [9.17, 15) is 13.2 Å². The molecule has 224 valence electrons. The lowest BCUT2D eigenvalue weighted by Gasteiger charge is -2.45. The van der Waals surface area contributed by atoms with Gasteiger partial charge in [0.15, 0.2) is 15.3 Å². The number of rotatable bonds is 14. The van der Waals surface area contributed by atoms with Crippen molar-refractivity contribution in [3.05, 3.63) is 120 Å². The lowest BCUT2D eigenvalue weighted by molar-refractivity contribution is -0.254. The Morgan fingerprint density at radius 3 is 1.57 bits per heavy atom. The second kappa shape index (κ2) is 15.2. The summed E-state index contributed by atoms with van der Waals surface area (Å²) in [6, 6.07) is 28.6. The van der Waals surface area contributed by atoms with Crippen LogP contribution >= 0.6 is 0 Å². The monoisotopic (exact) mass is 594 g/mol. The first-order valence-corrected chi connectivity index (χ1v) is 15.6. The van der Waals surface area contributed by atoms with Crippen molar-refractivity contribution in [1.82, 2.24) is 0 Å². The highest BCUT2D eigenvalue weighted by Gasteiger charge is 2.53. The van der Waals surface area contributed by atoms with E-state index in [4.69, 9.17) is 23.7 Å². The highest BCUT2D eigenvalue weighted by molar-refractivity contribution is 7.92. The molecule has 3 aromatic rings. The number of carbonyl (C=O) groups is 1. The van der Waals surface area contributed by atoms with E-state index >= 15 is 0 Å². The molecule has 8 nitrogen and oxygen atoms in total. The van der Waals surface area contributed by atoms with E-state index in [0.29, 0.717) is 5.57 Å². The Bertz CT molecular complexity index is 1380. The molecular weight excluding hydrogens is 556 g/mol. The first kappa shape index (κ1) is 31.6. The predicted octanol–water partition coefficient (Wildman–Crippen LogP) is 5.02. The van der Waals surface area contributed by atoms with E-state index in [-0.39, 0.29) is 32.2 Å². The fourth-order valence-corrected chi connectivity index (χ4v) is 6.60. The number of hydrogen-bond donors (Lipinski definition) is 0. The molecule has 0 aromatic heterocycles. The van der Waals surface area contributed by atoms with Crippen LogP contribution < -0.4 is 0 Å². The highest BCUT2D eigenvalue weighted by Crippen LogP contribution is 2.33. The van der Waals surface area contributed by atoms with E-state index in [1.54, 1.807) is 6.92 Å². The summed E-state index contributed by atoms with van der Waals surface area (Å²) in [5.74, 6) is -0.824. The van der Waals surface area contributed by atoms with E-state index in [1.807, 2.05) is 91.0 Å². The van der Waals surface area contributed by atoms with E-state index in [2.05, 4.69) is 6.58 Å². The maximum Gasteiger partial charge on any atom is 0.302 e. The average molecular weight is 595 g/mol. The number of ether oxygens (including phenoxy) is 5. The number of hydrogen-bond acceptors (Lipinski definition) is 8. The molecule has 5 atom stereocenters. The first-order valence-electron chi connectivity index (χ1n) is 13.8. The van der Waals surface area contributed by atoms with Crippen LogP contribution in [0.3, 0.4) is 0 Å². The van der Waals surface area contributed by atoms with Gasteiger partial charge in [0, 0.05) is 6.92 Å². The van der Waals surface area contributed by atoms with Gasteiger partial charge in [0.25, 0.3) is 0 Å². The minimum Gasteiger partial charge on any atom is -0.463 e. The third-order valence-corrected chi connectivity index (χ3v) is 8.68. The van der Waals surface area contributed by atoms with Gasteiger partial charge in [-0.15, -0.1) is 0 Å². The van der Waals surface area contributed by atoms with Crippen molar-refractivity contribution in [3.8, 4) is 0 Å². The van der Waals surface area contributed by atoms with Crippen molar-refractivity contribution in [2.45, 2.75) is 63.5 Å². The molecule has 0 aliphatic carbocycles. The lowest BCUT2D eigenvalue weighted by atomic mass is 9.99. The normalized spacial score (nSPS) is 22.4. The molecule has 1 saturated heterocycles. The topological polar surface area (TPSA) is 97.4 Å². The molecule has 3 aromatic carbocycles. The van der Waals surface area contributed by atoms with Crippen LogP contribution in [-0.2, 0) is 58.1 Å². The van der Waals surface area contributed by atoms with Gasteiger partial charge in [-0.25, -0.2) is 8.42 Å². The Balaban J connectivity index is 1.73. The SMILES string of the molecule is C=C(C)CS(=O)(=O)C1O[C@H](COC(C)=O)[C@@H](OCc2ccccc2)[C@H](OCc2ccccc2)[C@H]1OCc1ccccc1. The number of sulfone groups is 1. The van der Waals surface area contributed by atoms with Gasteiger partial charge in [-0.1, -0.05) is 103 Å². The molecule has 0 saturated carbocycles. The molecular formula is C33H38O8S. The van der Waals surface area contributed by atoms with Gasteiger partial charge in [0.2, 0.25) is 0 Å². The predicted molar refractivity (Wildman–Crippen MR) is 159 cm³/mol. The summed E-state index contributed by atoms with van der Waals surface area (Å²) in [6.45, 7) is 7.02. The quantitative estimate of drug-likeness (QED) is 0.190. The van der Waals surface area contributed by atoms with E-state index < -0.39 is 45.7 Å². The van der Waals surface area contributed by atoms with Gasteiger partial charge in [-0.3, -0.25) is 4.79 Å². The number of benzene rings is 3. The van der Waals surface area contributed by atoms with Crippen molar-refractivity contribution in [3.63, 3.8) is 0 Å². The zero-order valence-electron chi connectivity index (χ0n) is 24.0. The van der Waals surface area contributed by atoms with Crippen molar-refractivity contribution < 1.29 is 36.9 Å². The van der Waals surface area contributed by atoms with Gasteiger partial charge in [-0.2, -0.15) is 0 Å². The fourth-order valence-electron chi connectivity index (χ4n) is 4.79. The second-order valence-electron chi connectivity index (χ2n) is 10.4. The minimum absolute atomic E-state index is 0.124. The Hall–Kier alpha value is -3.34. The van der Waals surface area contributed by atoms with Crippen LogP contribution in [-0.4, -0.2) is 56.6 Å². The van der Waals surface area contributed by atoms with Gasteiger partial charge in [-0.05, 0) is 23.6 Å². The first-order chi connectivity index (χ1) is 20.2. The summed E-state index contributed by atoms with van der Waals surface area (Å²) in [4.78, 5) is 11.8. The van der Waals surface area contributed by atoms with Gasteiger partial charge in [0.05, 0.1) is 25.6 Å². The third-order valence-electron chi connectivity index (χ3n) is 6.70.